The highest BCUT2D eigenvalue weighted by Gasteiger charge is 2.20. The van der Waals surface area contributed by atoms with Gasteiger partial charge < -0.3 is 9.88 Å². The van der Waals surface area contributed by atoms with E-state index in [4.69, 9.17) is 0 Å². The number of amides is 1. The number of para-hydroxylation sites is 1. The van der Waals surface area contributed by atoms with Crippen LogP contribution in [0.1, 0.15) is 10.4 Å². The fraction of sp³-hybridized carbons (Fsp3) is 0.0435. The van der Waals surface area contributed by atoms with Crippen LogP contribution < -0.4 is 10.7 Å². The third-order valence-corrected chi connectivity index (χ3v) is 4.72. The smallest absolute Gasteiger partial charge is 0.259 e. The Bertz CT molecular complexity index is 1250. The van der Waals surface area contributed by atoms with Gasteiger partial charge in [0.05, 0.1) is 16.6 Å². The number of pyridine rings is 1. The van der Waals surface area contributed by atoms with Gasteiger partial charge in [-0.15, -0.1) is 0 Å². The lowest BCUT2D eigenvalue weighted by molar-refractivity contribution is 0.102. The SMILES string of the molecule is Cn1c(NC(=O)c2ccccc2F)c(-c2ccccc2)c(=O)c2ccccc21. The molecule has 1 aromatic heterocycles. The number of nitrogens with one attached hydrogen (secondary N) is 1. The maximum atomic E-state index is 14.1. The van der Waals surface area contributed by atoms with Gasteiger partial charge in [-0.2, -0.15) is 0 Å². The number of nitrogens with zero attached hydrogens (tertiary/aromatic N) is 1. The zero-order chi connectivity index (χ0) is 19.7. The Morgan fingerprint density at radius 3 is 2.29 bits per heavy atom. The van der Waals surface area contributed by atoms with Crippen LogP contribution in [0.15, 0.2) is 83.7 Å². The molecule has 5 heteroatoms. The molecular formula is C23H17FN2O2. The van der Waals surface area contributed by atoms with E-state index in [-0.39, 0.29) is 11.0 Å². The van der Waals surface area contributed by atoms with Gasteiger partial charge >= 0.3 is 0 Å². The quantitative estimate of drug-likeness (QED) is 0.572. The molecule has 1 heterocycles. The third kappa shape index (κ3) is 2.97. The second kappa shape index (κ2) is 7.12. The molecule has 0 spiro atoms. The van der Waals surface area contributed by atoms with Gasteiger partial charge in [0.15, 0.2) is 5.43 Å². The van der Waals surface area contributed by atoms with Crippen molar-refractivity contribution in [2.75, 3.05) is 5.32 Å². The summed E-state index contributed by atoms with van der Waals surface area (Å²) in [7, 11) is 1.77. The van der Waals surface area contributed by atoms with Gasteiger partial charge in [-0.3, -0.25) is 9.59 Å². The summed E-state index contributed by atoms with van der Waals surface area (Å²) in [6.07, 6.45) is 0. The van der Waals surface area contributed by atoms with E-state index in [1.165, 1.54) is 18.2 Å². The van der Waals surface area contributed by atoms with E-state index in [9.17, 15) is 14.0 Å². The number of carbonyl (C=O) groups is 1. The van der Waals surface area contributed by atoms with Crippen LogP contribution in [0.5, 0.6) is 0 Å². The highest BCUT2D eigenvalue weighted by molar-refractivity contribution is 6.07. The lowest BCUT2D eigenvalue weighted by Gasteiger charge is -2.18. The minimum atomic E-state index is -0.618. The fourth-order valence-corrected chi connectivity index (χ4v) is 3.33. The van der Waals surface area contributed by atoms with E-state index in [0.717, 1.165) is 0 Å². The first-order valence-corrected chi connectivity index (χ1v) is 8.81. The summed E-state index contributed by atoms with van der Waals surface area (Å²) in [5.41, 5.74) is 1.45. The van der Waals surface area contributed by atoms with Gasteiger partial charge in [-0.25, -0.2) is 4.39 Å². The van der Waals surface area contributed by atoms with E-state index in [1.54, 1.807) is 29.8 Å². The van der Waals surface area contributed by atoms with Crippen molar-refractivity contribution in [3.63, 3.8) is 0 Å². The Hall–Kier alpha value is -3.73. The van der Waals surface area contributed by atoms with E-state index in [2.05, 4.69) is 5.32 Å². The van der Waals surface area contributed by atoms with Crippen LogP contribution in [-0.4, -0.2) is 10.5 Å². The summed E-state index contributed by atoms with van der Waals surface area (Å²) in [6, 6.07) is 22.1. The number of fused-ring (bicyclic) bond motifs is 1. The third-order valence-electron chi connectivity index (χ3n) is 4.72. The zero-order valence-electron chi connectivity index (χ0n) is 15.1. The van der Waals surface area contributed by atoms with E-state index < -0.39 is 11.7 Å². The Labute approximate surface area is 160 Å². The maximum absolute atomic E-state index is 14.1. The molecule has 1 N–H and O–H groups in total. The summed E-state index contributed by atoms with van der Waals surface area (Å²) in [5.74, 6) is -0.907. The Morgan fingerprint density at radius 2 is 1.54 bits per heavy atom. The molecule has 4 aromatic rings. The molecule has 0 aliphatic rings. The van der Waals surface area contributed by atoms with Crippen LogP contribution >= 0.6 is 0 Å². The number of aryl methyl sites for hydroxylation is 1. The number of halogens is 1. The molecule has 0 atom stereocenters. The molecule has 0 fully saturated rings. The van der Waals surface area contributed by atoms with Crippen molar-refractivity contribution in [2.45, 2.75) is 0 Å². The molecular weight excluding hydrogens is 355 g/mol. The molecule has 0 saturated heterocycles. The first kappa shape index (κ1) is 17.7. The monoisotopic (exact) mass is 372 g/mol. The fourth-order valence-electron chi connectivity index (χ4n) is 3.33. The molecule has 0 saturated carbocycles. The van der Waals surface area contributed by atoms with Crippen LogP contribution in [0.4, 0.5) is 10.2 Å². The molecule has 138 valence electrons. The van der Waals surface area contributed by atoms with Crippen molar-refractivity contribution < 1.29 is 9.18 Å². The number of benzene rings is 3. The zero-order valence-corrected chi connectivity index (χ0v) is 15.1. The molecule has 1 amide bonds. The van der Waals surface area contributed by atoms with Crippen LogP contribution in [0.3, 0.4) is 0 Å². The van der Waals surface area contributed by atoms with Crippen molar-refractivity contribution in [3.8, 4) is 11.1 Å². The van der Waals surface area contributed by atoms with Gasteiger partial charge in [0.1, 0.15) is 11.6 Å². The van der Waals surface area contributed by atoms with Gasteiger partial charge in [-0.1, -0.05) is 54.6 Å². The standard InChI is InChI=1S/C23H17FN2O2/c1-26-19-14-8-6-12-17(19)21(27)20(15-9-3-2-4-10-15)22(26)25-23(28)16-11-5-7-13-18(16)24/h2-14H,1H3,(H,25,28). The van der Waals surface area contributed by atoms with Crippen LogP contribution in [-0.2, 0) is 7.05 Å². The van der Waals surface area contributed by atoms with Crippen molar-refractivity contribution in [2.24, 2.45) is 7.05 Å². The van der Waals surface area contributed by atoms with Crippen LogP contribution in [0.2, 0.25) is 0 Å². The number of aromatic nitrogens is 1. The summed E-state index contributed by atoms with van der Waals surface area (Å²) in [6.45, 7) is 0. The predicted molar refractivity (Wildman–Crippen MR) is 109 cm³/mol. The van der Waals surface area contributed by atoms with Crippen molar-refractivity contribution in [1.82, 2.24) is 4.57 Å². The van der Waals surface area contributed by atoms with Gasteiger partial charge in [0, 0.05) is 12.4 Å². The van der Waals surface area contributed by atoms with Crippen molar-refractivity contribution in [1.29, 1.82) is 0 Å². The van der Waals surface area contributed by atoms with E-state index in [1.807, 2.05) is 42.5 Å². The number of anilines is 1. The van der Waals surface area contributed by atoms with E-state index in [0.29, 0.717) is 27.8 Å². The van der Waals surface area contributed by atoms with Crippen LogP contribution in [0.25, 0.3) is 22.0 Å². The normalized spacial score (nSPS) is 10.8. The highest BCUT2D eigenvalue weighted by atomic mass is 19.1. The average Bonchev–Trinajstić information content (AvgIpc) is 2.73. The maximum Gasteiger partial charge on any atom is 0.259 e. The summed E-state index contributed by atoms with van der Waals surface area (Å²) >= 11 is 0. The predicted octanol–water partition coefficient (Wildman–Crippen LogP) is 4.60. The first-order valence-electron chi connectivity index (χ1n) is 8.81. The molecule has 0 bridgehead atoms. The Balaban J connectivity index is 1.96. The number of hydrogen-bond acceptors (Lipinski definition) is 2. The average molecular weight is 372 g/mol. The summed E-state index contributed by atoms with van der Waals surface area (Å²) in [5, 5.41) is 3.30. The molecule has 3 aromatic carbocycles. The topological polar surface area (TPSA) is 51.1 Å². The van der Waals surface area contributed by atoms with Gasteiger partial charge in [-0.05, 0) is 29.8 Å². The molecule has 28 heavy (non-hydrogen) atoms. The summed E-state index contributed by atoms with van der Waals surface area (Å²) < 4.78 is 15.8. The number of rotatable bonds is 3. The van der Waals surface area contributed by atoms with Crippen molar-refractivity contribution in [3.05, 3.63) is 100 Å². The van der Waals surface area contributed by atoms with Crippen LogP contribution in [0, 0.1) is 5.82 Å². The number of hydrogen-bond donors (Lipinski definition) is 1. The molecule has 0 unspecified atom stereocenters. The second-order valence-electron chi connectivity index (χ2n) is 6.43. The minimum Gasteiger partial charge on any atom is -0.330 e. The number of carbonyl (C=O) groups excluding carboxylic acids is 1. The molecule has 4 nitrogen and oxygen atoms in total. The lowest BCUT2D eigenvalue weighted by Crippen LogP contribution is -2.22. The molecule has 0 aliphatic heterocycles. The molecule has 4 rings (SSSR count). The van der Waals surface area contributed by atoms with Crippen molar-refractivity contribution >= 4 is 22.6 Å². The first-order chi connectivity index (χ1) is 13.6. The Morgan fingerprint density at radius 1 is 0.893 bits per heavy atom. The van der Waals surface area contributed by atoms with Gasteiger partial charge in [0.2, 0.25) is 0 Å². The second-order valence-corrected chi connectivity index (χ2v) is 6.43. The highest BCUT2D eigenvalue weighted by Crippen LogP contribution is 2.28. The largest absolute Gasteiger partial charge is 0.330 e. The van der Waals surface area contributed by atoms with Gasteiger partial charge in [0.25, 0.3) is 5.91 Å². The summed E-state index contributed by atoms with van der Waals surface area (Å²) in [4.78, 5) is 26.0. The lowest BCUT2D eigenvalue weighted by atomic mass is 10.0. The van der Waals surface area contributed by atoms with E-state index >= 15 is 0 Å². The minimum absolute atomic E-state index is 0.0814. The molecule has 0 radical (unpaired) electrons. The Kier molecular flexibility index (Phi) is 4.49. The molecule has 0 aliphatic carbocycles.